The molecule has 0 N–H and O–H groups in total. The molecule has 0 amide bonds. The van der Waals surface area contributed by atoms with Crippen molar-refractivity contribution in [3.05, 3.63) is 12.3 Å². The summed E-state index contributed by atoms with van der Waals surface area (Å²) in [6, 6.07) is 1.53. The minimum atomic E-state index is -3.38. The van der Waals surface area contributed by atoms with Gasteiger partial charge in [-0.3, -0.25) is 4.68 Å². The van der Waals surface area contributed by atoms with Crippen molar-refractivity contribution < 1.29 is 8.42 Å². The molecular formula is C9H14BrN3O2S. The van der Waals surface area contributed by atoms with Gasteiger partial charge >= 0.3 is 0 Å². The van der Waals surface area contributed by atoms with Crippen molar-refractivity contribution in [2.45, 2.75) is 22.7 Å². The van der Waals surface area contributed by atoms with E-state index in [2.05, 4.69) is 21.0 Å². The highest BCUT2D eigenvalue weighted by Crippen LogP contribution is 2.23. The molecule has 0 aliphatic carbocycles. The van der Waals surface area contributed by atoms with Gasteiger partial charge < -0.3 is 0 Å². The van der Waals surface area contributed by atoms with Crippen LogP contribution in [0.3, 0.4) is 0 Å². The zero-order chi connectivity index (χ0) is 11.8. The van der Waals surface area contributed by atoms with Crippen molar-refractivity contribution in [3.8, 4) is 0 Å². The quantitative estimate of drug-likeness (QED) is 0.765. The van der Waals surface area contributed by atoms with E-state index in [1.54, 1.807) is 7.05 Å². The summed E-state index contributed by atoms with van der Waals surface area (Å²) < 4.78 is 27.4. The van der Waals surface area contributed by atoms with E-state index in [1.807, 2.05) is 0 Å². The van der Waals surface area contributed by atoms with Gasteiger partial charge in [0.2, 0.25) is 0 Å². The van der Waals surface area contributed by atoms with E-state index in [1.165, 1.54) is 21.3 Å². The standard InChI is InChI=1S/C9H14BrN3O2S/c1-12-9(4-5-11-12)16(14,15)13-6-2-3-8(10)7-13/h4-5,8H,2-3,6-7H2,1H3. The molecule has 7 heteroatoms. The zero-order valence-electron chi connectivity index (χ0n) is 9.00. The van der Waals surface area contributed by atoms with Crippen molar-refractivity contribution in [2.75, 3.05) is 13.1 Å². The van der Waals surface area contributed by atoms with Crippen molar-refractivity contribution in [1.82, 2.24) is 14.1 Å². The highest BCUT2D eigenvalue weighted by Gasteiger charge is 2.30. The van der Waals surface area contributed by atoms with Crippen LogP contribution >= 0.6 is 15.9 Å². The summed E-state index contributed by atoms with van der Waals surface area (Å²) in [6.45, 7) is 1.13. The summed E-state index contributed by atoms with van der Waals surface area (Å²) >= 11 is 3.47. The molecule has 1 fully saturated rings. The first-order valence-corrected chi connectivity index (χ1v) is 7.49. The van der Waals surface area contributed by atoms with Gasteiger partial charge in [0.25, 0.3) is 10.0 Å². The van der Waals surface area contributed by atoms with Crippen LogP contribution in [-0.4, -0.2) is 40.4 Å². The highest BCUT2D eigenvalue weighted by atomic mass is 79.9. The minimum absolute atomic E-state index is 0.254. The number of hydrogen-bond donors (Lipinski definition) is 0. The van der Waals surface area contributed by atoms with Gasteiger partial charge in [-0.2, -0.15) is 9.40 Å². The van der Waals surface area contributed by atoms with Crippen LogP contribution in [-0.2, 0) is 17.1 Å². The topological polar surface area (TPSA) is 55.2 Å². The third-order valence-corrected chi connectivity index (χ3v) is 5.39. The molecule has 0 radical (unpaired) electrons. The van der Waals surface area contributed by atoms with Gasteiger partial charge in [-0.1, -0.05) is 15.9 Å². The Morgan fingerprint density at radius 1 is 1.56 bits per heavy atom. The summed E-state index contributed by atoms with van der Waals surface area (Å²) in [5.74, 6) is 0. The van der Waals surface area contributed by atoms with Crippen LogP contribution in [0.15, 0.2) is 17.3 Å². The fraction of sp³-hybridized carbons (Fsp3) is 0.667. The molecule has 90 valence electrons. The van der Waals surface area contributed by atoms with E-state index in [4.69, 9.17) is 0 Å². The minimum Gasteiger partial charge on any atom is -0.256 e. The monoisotopic (exact) mass is 307 g/mol. The molecule has 0 spiro atoms. The molecule has 2 heterocycles. The van der Waals surface area contributed by atoms with Crippen LogP contribution in [0.5, 0.6) is 0 Å². The Labute approximate surface area is 104 Å². The number of aryl methyl sites for hydroxylation is 1. The highest BCUT2D eigenvalue weighted by molar-refractivity contribution is 9.09. The lowest BCUT2D eigenvalue weighted by Crippen LogP contribution is -2.40. The Morgan fingerprint density at radius 3 is 2.88 bits per heavy atom. The van der Waals surface area contributed by atoms with E-state index in [0.717, 1.165) is 12.8 Å². The van der Waals surface area contributed by atoms with E-state index >= 15 is 0 Å². The molecule has 1 unspecified atom stereocenters. The molecule has 1 aromatic rings. The maximum Gasteiger partial charge on any atom is 0.260 e. The number of halogens is 1. The largest absolute Gasteiger partial charge is 0.260 e. The fourth-order valence-electron chi connectivity index (χ4n) is 1.86. The first kappa shape index (κ1) is 12.1. The SMILES string of the molecule is Cn1nccc1S(=O)(=O)N1CCCC(Br)C1. The van der Waals surface area contributed by atoms with Gasteiger partial charge in [-0.25, -0.2) is 8.42 Å². The number of nitrogens with zero attached hydrogens (tertiary/aromatic N) is 3. The predicted octanol–water partition coefficient (Wildman–Crippen LogP) is 0.968. The van der Waals surface area contributed by atoms with Crippen LogP contribution in [0, 0.1) is 0 Å². The van der Waals surface area contributed by atoms with Gasteiger partial charge in [0.05, 0.1) is 6.20 Å². The van der Waals surface area contributed by atoms with Crippen molar-refractivity contribution in [1.29, 1.82) is 0 Å². The van der Waals surface area contributed by atoms with E-state index in [-0.39, 0.29) is 9.85 Å². The molecule has 1 aliphatic rings. The molecule has 1 saturated heterocycles. The van der Waals surface area contributed by atoms with Gasteiger partial charge in [0.15, 0.2) is 5.03 Å². The van der Waals surface area contributed by atoms with E-state index < -0.39 is 10.0 Å². The first-order valence-electron chi connectivity index (χ1n) is 5.14. The lowest BCUT2D eigenvalue weighted by molar-refractivity contribution is 0.352. The summed E-state index contributed by atoms with van der Waals surface area (Å²) in [4.78, 5) is 0.254. The molecule has 1 aromatic heterocycles. The van der Waals surface area contributed by atoms with Crippen LogP contribution in [0.1, 0.15) is 12.8 Å². The van der Waals surface area contributed by atoms with Crippen LogP contribution in [0.4, 0.5) is 0 Å². The second-order valence-corrected chi connectivity index (χ2v) is 7.08. The number of alkyl halides is 1. The molecular weight excluding hydrogens is 294 g/mol. The van der Waals surface area contributed by atoms with Gasteiger partial charge in [-0.15, -0.1) is 0 Å². The van der Waals surface area contributed by atoms with Gasteiger partial charge in [0.1, 0.15) is 0 Å². The Hall–Kier alpha value is -0.400. The Kier molecular flexibility index (Phi) is 3.37. The lowest BCUT2D eigenvalue weighted by atomic mass is 10.2. The predicted molar refractivity (Wildman–Crippen MR) is 63.9 cm³/mol. The molecule has 1 aliphatic heterocycles. The average molecular weight is 308 g/mol. The summed E-state index contributed by atoms with van der Waals surface area (Å²) in [5, 5.41) is 4.15. The average Bonchev–Trinajstić information content (AvgIpc) is 2.65. The molecule has 16 heavy (non-hydrogen) atoms. The normalized spacial score (nSPS) is 23.5. The smallest absolute Gasteiger partial charge is 0.256 e. The second kappa shape index (κ2) is 4.46. The fourth-order valence-corrected chi connectivity index (χ4v) is 4.35. The third-order valence-electron chi connectivity index (χ3n) is 2.71. The Bertz CT molecular complexity index is 471. The van der Waals surface area contributed by atoms with Crippen molar-refractivity contribution in [2.24, 2.45) is 7.05 Å². The van der Waals surface area contributed by atoms with E-state index in [9.17, 15) is 8.42 Å². The van der Waals surface area contributed by atoms with Gasteiger partial charge in [-0.05, 0) is 18.9 Å². The zero-order valence-corrected chi connectivity index (χ0v) is 11.4. The van der Waals surface area contributed by atoms with Crippen molar-refractivity contribution in [3.63, 3.8) is 0 Å². The maximum absolute atomic E-state index is 12.3. The molecule has 0 aromatic carbocycles. The molecule has 5 nitrogen and oxygen atoms in total. The van der Waals surface area contributed by atoms with Gasteiger partial charge in [0, 0.05) is 25.0 Å². The summed E-state index contributed by atoms with van der Waals surface area (Å²) in [6.07, 6.45) is 3.42. The summed E-state index contributed by atoms with van der Waals surface area (Å²) in [5.41, 5.74) is 0. The molecule has 0 saturated carbocycles. The number of piperidine rings is 1. The number of rotatable bonds is 2. The second-order valence-electron chi connectivity index (χ2n) is 3.90. The van der Waals surface area contributed by atoms with Crippen molar-refractivity contribution >= 4 is 26.0 Å². The third kappa shape index (κ3) is 2.16. The van der Waals surface area contributed by atoms with Crippen LogP contribution in [0.25, 0.3) is 0 Å². The lowest BCUT2D eigenvalue weighted by Gasteiger charge is -2.28. The molecule has 2 rings (SSSR count). The Balaban J connectivity index is 2.29. The number of aromatic nitrogens is 2. The van der Waals surface area contributed by atoms with E-state index in [0.29, 0.717) is 13.1 Å². The Morgan fingerprint density at radius 2 is 2.31 bits per heavy atom. The van der Waals surface area contributed by atoms with Crippen LogP contribution < -0.4 is 0 Å². The molecule has 1 atom stereocenters. The maximum atomic E-state index is 12.3. The first-order chi connectivity index (χ1) is 7.51. The summed E-state index contributed by atoms with van der Waals surface area (Å²) in [7, 11) is -1.74. The molecule has 0 bridgehead atoms. The number of sulfonamides is 1. The van der Waals surface area contributed by atoms with Crippen LogP contribution in [0.2, 0.25) is 0 Å². The number of hydrogen-bond acceptors (Lipinski definition) is 3.